The standard InChI is InChI=1S/C23H26ClN3O4S/c1-16-14-22(28)25-19-8-4-5-9-20(19)27(16)23(29)17-10-11-18(24)21(15-17)32(30,31)26-12-6-2-3-7-13-26/h4-5,8-11,15-16H,2-3,6-7,12-14H2,1H3,(H,25,28). The van der Waals surface area contributed by atoms with E-state index in [1.165, 1.54) is 22.5 Å². The lowest BCUT2D eigenvalue weighted by Gasteiger charge is -2.28. The van der Waals surface area contributed by atoms with Crippen LogP contribution in [0.4, 0.5) is 11.4 Å². The first-order chi connectivity index (χ1) is 15.3. The molecular weight excluding hydrogens is 450 g/mol. The van der Waals surface area contributed by atoms with Crippen molar-refractivity contribution in [1.29, 1.82) is 0 Å². The third-order valence-electron chi connectivity index (χ3n) is 5.94. The zero-order valence-corrected chi connectivity index (χ0v) is 19.5. The Morgan fingerprint density at radius 1 is 1.06 bits per heavy atom. The highest BCUT2D eigenvalue weighted by atomic mass is 35.5. The van der Waals surface area contributed by atoms with Crippen molar-refractivity contribution in [2.24, 2.45) is 0 Å². The van der Waals surface area contributed by atoms with Gasteiger partial charge < -0.3 is 10.2 Å². The van der Waals surface area contributed by atoms with E-state index in [0.717, 1.165) is 25.7 Å². The van der Waals surface area contributed by atoms with Crippen LogP contribution in [0.5, 0.6) is 0 Å². The zero-order chi connectivity index (χ0) is 22.9. The maximum Gasteiger partial charge on any atom is 0.258 e. The number of hydrogen-bond acceptors (Lipinski definition) is 4. The molecule has 2 heterocycles. The van der Waals surface area contributed by atoms with Crippen LogP contribution in [0.15, 0.2) is 47.4 Å². The molecule has 32 heavy (non-hydrogen) atoms. The molecule has 170 valence electrons. The van der Waals surface area contributed by atoms with Crippen LogP contribution < -0.4 is 10.2 Å². The topological polar surface area (TPSA) is 86.8 Å². The Kier molecular flexibility index (Phi) is 6.55. The van der Waals surface area contributed by atoms with Gasteiger partial charge in [-0.2, -0.15) is 4.31 Å². The Morgan fingerprint density at radius 3 is 2.47 bits per heavy atom. The van der Waals surface area contributed by atoms with Gasteiger partial charge in [0.05, 0.1) is 16.4 Å². The predicted octanol–water partition coefficient (Wildman–Crippen LogP) is 4.28. The normalized spacial score (nSPS) is 20.1. The smallest absolute Gasteiger partial charge is 0.258 e. The van der Waals surface area contributed by atoms with Gasteiger partial charge >= 0.3 is 0 Å². The molecule has 0 spiro atoms. The van der Waals surface area contributed by atoms with Crippen molar-refractivity contribution in [3.8, 4) is 0 Å². The highest BCUT2D eigenvalue weighted by Crippen LogP contribution is 2.34. The fraction of sp³-hybridized carbons (Fsp3) is 0.391. The minimum Gasteiger partial charge on any atom is -0.324 e. The number of para-hydroxylation sites is 2. The van der Waals surface area contributed by atoms with E-state index in [9.17, 15) is 18.0 Å². The van der Waals surface area contributed by atoms with Crippen molar-refractivity contribution < 1.29 is 18.0 Å². The quantitative estimate of drug-likeness (QED) is 0.717. The molecule has 7 nitrogen and oxygen atoms in total. The summed E-state index contributed by atoms with van der Waals surface area (Å²) >= 11 is 6.30. The first kappa shape index (κ1) is 22.8. The van der Waals surface area contributed by atoms with Crippen LogP contribution in [-0.4, -0.2) is 43.7 Å². The maximum atomic E-state index is 13.6. The third kappa shape index (κ3) is 4.40. The molecule has 4 rings (SSSR count). The summed E-state index contributed by atoms with van der Waals surface area (Å²) in [7, 11) is -3.83. The number of fused-ring (bicyclic) bond motifs is 1. The third-order valence-corrected chi connectivity index (χ3v) is 8.32. The van der Waals surface area contributed by atoms with Crippen LogP contribution >= 0.6 is 11.6 Å². The minimum atomic E-state index is -3.83. The van der Waals surface area contributed by atoms with E-state index < -0.39 is 16.1 Å². The van der Waals surface area contributed by atoms with Crippen molar-refractivity contribution in [2.75, 3.05) is 23.3 Å². The number of rotatable bonds is 3. The number of hydrogen-bond donors (Lipinski definition) is 1. The number of nitrogens with zero attached hydrogens (tertiary/aromatic N) is 2. The molecule has 2 aromatic carbocycles. The molecule has 0 saturated carbocycles. The van der Waals surface area contributed by atoms with E-state index in [1.807, 2.05) is 0 Å². The van der Waals surface area contributed by atoms with Gasteiger partial charge in [-0.15, -0.1) is 0 Å². The van der Waals surface area contributed by atoms with Crippen LogP contribution in [0.2, 0.25) is 5.02 Å². The SMILES string of the molecule is CC1CC(=O)Nc2ccccc2N1C(=O)c1ccc(Cl)c(S(=O)(=O)N2CCCCCC2)c1. The lowest BCUT2D eigenvalue weighted by atomic mass is 10.1. The van der Waals surface area contributed by atoms with E-state index >= 15 is 0 Å². The summed E-state index contributed by atoms with van der Waals surface area (Å²) in [6, 6.07) is 11.0. The molecule has 2 aromatic rings. The number of sulfonamides is 1. The Balaban J connectivity index is 1.73. The maximum absolute atomic E-state index is 13.6. The van der Waals surface area contributed by atoms with Gasteiger partial charge in [-0.3, -0.25) is 9.59 Å². The van der Waals surface area contributed by atoms with Gasteiger partial charge in [-0.1, -0.05) is 36.6 Å². The van der Waals surface area contributed by atoms with Gasteiger partial charge in [0.25, 0.3) is 5.91 Å². The number of amides is 2. The highest BCUT2D eigenvalue weighted by molar-refractivity contribution is 7.89. The molecule has 0 radical (unpaired) electrons. The van der Waals surface area contributed by atoms with Crippen LogP contribution in [0.3, 0.4) is 0 Å². The molecule has 1 saturated heterocycles. The molecule has 0 bridgehead atoms. The number of halogens is 1. The van der Waals surface area contributed by atoms with Gasteiger partial charge in [0, 0.05) is 31.1 Å². The van der Waals surface area contributed by atoms with Crippen LogP contribution in [0.1, 0.15) is 49.4 Å². The Labute approximate surface area is 193 Å². The second kappa shape index (κ2) is 9.21. The molecule has 0 aromatic heterocycles. The first-order valence-electron chi connectivity index (χ1n) is 10.8. The van der Waals surface area contributed by atoms with Gasteiger partial charge in [-0.25, -0.2) is 8.42 Å². The van der Waals surface area contributed by atoms with Gasteiger partial charge in [0.1, 0.15) is 4.90 Å². The number of carbonyl (C=O) groups excluding carboxylic acids is 2. The van der Waals surface area contributed by atoms with Crippen LogP contribution in [-0.2, 0) is 14.8 Å². The number of benzene rings is 2. The molecular formula is C23H26ClN3O4S. The summed E-state index contributed by atoms with van der Waals surface area (Å²) in [6.07, 6.45) is 3.73. The highest BCUT2D eigenvalue weighted by Gasteiger charge is 2.32. The molecule has 1 fully saturated rings. The van der Waals surface area contributed by atoms with Crippen LogP contribution in [0.25, 0.3) is 0 Å². The first-order valence-corrected chi connectivity index (χ1v) is 12.6. The summed E-state index contributed by atoms with van der Waals surface area (Å²) < 4.78 is 28.1. The second-order valence-corrected chi connectivity index (χ2v) is 10.6. The van der Waals surface area contributed by atoms with Crippen molar-refractivity contribution in [3.63, 3.8) is 0 Å². The zero-order valence-electron chi connectivity index (χ0n) is 17.9. The van der Waals surface area contributed by atoms with Crippen LogP contribution in [0, 0.1) is 0 Å². The second-order valence-electron chi connectivity index (χ2n) is 8.26. The van der Waals surface area contributed by atoms with Crippen molar-refractivity contribution in [2.45, 2.75) is 50.0 Å². The lowest BCUT2D eigenvalue weighted by molar-refractivity contribution is -0.116. The molecule has 9 heteroatoms. The van der Waals surface area contributed by atoms with Crippen molar-refractivity contribution in [1.82, 2.24) is 4.31 Å². The lowest BCUT2D eigenvalue weighted by Crippen LogP contribution is -2.39. The molecule has 1 unspecified atom stereocenters. The van der Waals surface area contributed by atoms with Crippen molar-refractivity contribution in [3.05, 3.63) is 53.1 Å². The summed E-state index contributed by atoms with van der Waals surface area (Å²) in [4.78, 5) is 27.3. The summed E-state index contributed by atoms with van der Waals surface area (Å²) in [6.45, 7) is 2.69. The van der Waals surface area contributed by atoms with Gasteiger partial charge in [-0.05, 0) is 50.1 Å². The number of carbonyl (C=O) groups is 2. The Morgan fingerprint density at radius 2 is 1.75 bits per heavy atom. The van der Waals surface area contributed by atoms with Crippen molar-refractivity contribution >= 4 is 44.8 Å². The van der Waals surface area contributed by atoms with Gasteiger partial charge in [0.15, 0.2) is 0 Å². The molecule has 1 N–H and O–H groups in total. The molecule has 1 atom stereocenters. The largest absolute Gasteiger partial charge is 0.324 e. The Bertz CT molecular complexity index is 1140. The molecule has 2 amide bonds. The number of anilines is 2. The summed E-state index contributed by atoms with van der Waals surface area (Å²) in [5.41, 5.74) is 1.32. The monoisotopic (exact) mass is 475 g/mol. The fourth-order valence-corrected chi connectivity index (χ4v) is 6.31. The average molecular weight is 476 g/mol. The van der Waals surface area contributed by atoms with E-state index in [-0.39, 0.29) is 33.7 Å². The van der Waals surface area contributed by atoms with E-state index in [1.54, 1.807) is 36.1 Å². The fourth-order valence-electron chi connectivity index (χ4n) is 4.29. The van der Waals surface area contributed by atoms with E-state index in [2.05, 4.69) is 5.32 Å². The minimum absolute atomic E-state index is 0.0584. The van der Waals surface area contributed by atoms with E-state index in [4.69, 9.17) is 11.6 Å². The number of nitrogens with one attached hydrogen (secondary N) is 1. The molecule has 2 aliphatic heterocycles. The molecule has 0 aliphatic carbocycles. The average Bonchev–Trinajstić information content (AvgIpc) is 3.11. The van der Waals surface area contributed by atoms with Gasteiger partial charge in [0.2, 0.25) is 15.9 Å². The summed E-state index contributed by atoms with van der Waals surface area (Å²) in [5, 5.41) is 2.92. The van der Waals surface area contributed by atoms with E-state index in [0.29, 0.717) is 24.5 Å². The summed E-state index contributed by atoms with van der Waals surface area (Å²) in [5.74, 6) is -0.564. The molecule has 2 aliphatic rings. The predicted molar refractivity (Wildman–Crippen MR) is 125 cm³/mol. The Hall–Kier alpha value is -2.42.